The van der Waals surface area contributed by atoms with E-state index in [1.165, 1.54) is 31.2 Å². The fourth-order valence-electron chi connectivity index (χ4n) is 3.03. The van der Waals surface area contributed by atoms with Gasteiger partial charge in [-0.3, -0.25) is 0 Å². The molecule has 1 aliphatic rings. The van der Waals surface area contributed by atoms with Gasteiger partial charge in [-0.05, 0) is 36.5 Å². The number of rotatable bonds is 6. The summed E-state index contributed by atoms with van der Waals surface area (Å²) in [7, 11) is 3.35. The molecule has 0 amide bonds. The van der Waals surface area contributed by atoms with E-state index in [1.807, 2.05) is 6.07 Å². The zero-order valence-electron chi connectivity index (χ0n) is 12.2. The van der Waals surface area contributed by atoms with Crippen molar-refractivity contribution in [3.05, 3.63) is 23.8 Å². The molecule has 19 heavy (non-hydrogen) atoms. The van der Waals surface area contributed by atoms with Crippen LogP contribution in [0.2, 0.25) is 0 Å². The molecule has 0 aliphatic heterocycles. The van der Waals surface area contributed by atoms with Crippen LogP contribution >= 0.6 is 0 Å². The molecule has 2 atom stereocenters. The minimum absolute atomic E-state index is 0.679. The Labute approximate surface area is 116 Å². The topological polar surface area (TPSA) is 30.5 Å². The van der Waals surface area contributed by atoms with Crippen molar-refractivity contribution in [3.8, 4) is 11.5 Å². The monoisotopic (exact) mass is 263 g/mol. The van der Waals surface area contributed by atoms with Crippen molar-refractivity contribution in [2.24, 2.45) is 5.92 Å². The molecule has 0 heterocycles. The molecule has 1 aromatic carbocycles. The lowest BCUT2D eigenvalue weighted by molar-refractivity contribution is 0.353. The summed E-state index contributed by atoms with van der Waals surface area (Å²) in [6.45, 7) is 3.20. The molecule has 2 rings (SSSR count). The smallest absolute Gasteiger partial charge is 0.161 e. The van der Waals surface area contributed by atoms with Gasteiger partial charge in [-0.1, -0.05) is 25.8 Å². The molecule has 0 bridgehead atoms. The van der Waals surface area contributed by atoms with Crippen LogP contribution < -0.4 is 14.8 Å². The SMILES string of the molecule is CCC1CCCC1NCc1ccc(OC)c(OC)c1. The van der Waals surface area contributed by atoms with Crippen molar-refractivity contribution >= 4 is 0 Å². The van der Waals surface area contributed by atoms with Crippen LogP contribution in [0.5, 0.6) is 11.5 Å². The van der Waals surface area contributed by atoms with Crippen LogP contribution in [0.4, 0.5) is 0 Å². The predicted octanol–water partition coefficient (Wildman–Crippen LogP) is 3.37. The van der Waals surface area contributed by atoms with Gasteiger partial charge in [0.15, 0.2) is 11.5 Å². The third-order valence-corrected chi connectivity index (χ3v) is 4.20. The van der Waals surface area contributed by atoms with Gasteiger partial charge in [0.1, 0.15) is 0 Å². The van der Waals surface area contributed by atoms with Gasteiger partial charge >= 0.3 is 0 Å². The lowest BCUT2D eigenvalue weighted by atomic mass is 10.0. The summed E-state index contributed by atoms with van der Waals surface area (Å²) in [6, 6.07) is 6.81. The van der Waals surface area contributed by atoms with Crippen LogP contribution in [0.15, 0.2) is 18.2 Å². The first-order chi connectivity index (χ1) is 9.28. The summed E-state index contributed by atoms with van der Waals surface area (Å²) >= 11 is 0. The number of nitrogens with one attached hydrogen (secondary N) is 1. The zero-order valence-corrected chi connectivity index (χ0v) is 12.2. The standard InChI is InChI=1S/C16H25NO2/c1-4-13-6-5-7-14(13)17-11-12-8-9-15(18-2)16(10-12)19-3/h8-10,13-14,17H,4-7,11H2,1-3H3. The van der Waals surface area contributed by atoms with Crippen LogP contribution in [0.1, 0.15) is 38.2 Å². The molecule has 0 saturated heterocycles. The molecule has 0 spiro atoms. The number of hydrogen-bond acceptors (Lipinski definition) is 3. The maximum atomic E-state index is 5.34. The average molecular weight is 263 g/mol. The van der Waals surface area contributed by atoms with Crippen molar-refractivity contribution in [2.75, 3.05) is 14.2 Å². The van der Waals surface area contributed by atoms with E-state index in [-0.39, 0.29) is 0 Å². The Morgan fingerprint density at radius 1 is 1.16 bits per heavy atom. The fraction of sp³-hybridized carbons (Fsp3) is 0.625. The van der Waals surface area contributed by atoms with Gasteiger partial charge in [-0.25, -0.2) is 0 Å². The highest BCUT2D eigenvalue weighted by atomic mass is 16.5. The van der Waals surface area contributed by atoms with Crippen molar-refractivity contribution in [3.63, 3.8) is 0 Å². The van der Waals surface area contributed by atoms with Crippen molar-refractivity contribution in [1.29, 1.82) is 0 Å². The highest BCUT2D eigenvalue weighted by Gasteiger charge is 2.24. The molecule has 0 aromatic heterocycles. The summed E-state index contributed by atoms with van der Waals surface area (Å²) in [5, 5.41) is 3.69. The maximum absolute atomic E-state index is 5.34. The minimum atomic E-state index is 0.679. The molecule has 106 valence electrons. The van der Waals surface area contributed by atoms with E-state index in [0.29, 0.717) is 6.04 Å². The van der Waals surface area contributed by atoms with Crippen molar-refractivity contribution in [2.45, 2.75) is 45.2 Å². The lowest BCUT2D eigenvalue weighted by Crippen LogP contribution is -2.31. The molecule has 1 saturated carbocycles. The summed E-state index contributed by atoms with van der Waals surface area (Å²) in [6.07, 6.45) is 5.33. The Bertz CT molecular complexity index is 406. The zero-order chi connectivity index (χ0) is 13.7. The predicted molar refractivity (Wildman–Crippen MR) is 77.8 cm³/mol. The Morgan fingerprint density at radius 3 is 2.63 bits per heavy atom. The molecular formula is C16H25NO2. The largest absolute Gasteiger partial charge is 0.493 e. The van der Waals surface area contributed by atoms with Crippen molar-refractivity contribution < 1.29 is 9.47 Å². The third-order valence-electron chi connectivity index (χ3n) is 4.20. The second kappa shape index (κ2) is 6.80. The molecule has 1 N–H and O–H groups in total. The lowest BCUT2D eigenvalue weighted by Gasteiger charge is -2.20. The first kappa shape index (κ1) is 14.2. The van der Waals surface area contributed by atoms with Gasteiger partial charge < -0.3 is 14.8 Å². The van der Waals surface area contributed by atoms with E-state index in [9.17, 15) is 0 Å². The molecule has 3 heteroatoms. The normalized spacial score (nSPS) is 22.5. The summed E-state index contributed by atoms with van der Waals surface area (Å²) in [5.74, 6) is 2.44. The van der Waals surface area contributed by atoms with E-state index in [4.69, 9.17) is 9.47 Å². The van der Waals surface area contributed by atoms with Crippen LogP contribution in [0, 0.1) is 5.92 Å². The van der Waals surface area contributed by atoms with Crippen molar-refractivity contribution in [1.82, 2.24) is 5.32 Å². The fourth-order valence-corrected chi connectivity index (χ4v) is 3.03. The highest BCUT2D eigenvalue weighted by molar-refractivity contribution is 5.42. The Balaban J connectivity index is 1.96. The molecule has 0 radical (unpaired) electrons. The van der Waals surface area contributed by atoms with E-state index >= 15 is 0 Å². The van der Waals surface area contributed by atoms with Gasteiger partial charge in [0.2, 0.25) is 0 Å². The van der Waals surface area contributed by atoms with Gasteiger partial charge in [0.05, 0.1) is 14.2 Å². The Hall–Kier alpha value is -1.22. The van der Waals surface area contributed by atoms with Crippen LogP contribution in [0.25, 0.3) is 0 Å². The summed E-state index contributed by atoms with van der Waals surface area (Å²) in [5.41, 5.74) is 1.25. The molecule has 1 fully saturated rings. The Kier molecular flexibility index (Phi) is 5.08. The highest BCUT2D eigenvalue weighted by Crippen LogP contribution is 2.30. The van der Waals surface area contributed by atoms with Gasteiger partial charge in [0.25, 0.3) is 0 Å². The van der Waals surface area contributed by atoms with E-state index < -0.39 is 0 Å². The van der Waals surface area contributed by atoms with Crippen LogP contribution in [-0.2, 0) is 6.54 Å². The minimum Gasteiger partial charge on any atom is -0.493 e. The van der Waals surface area contributed by atoms with Gasteiger partial charge in [-0.2, -0.15) is 0 Å². The molecule has 3 nitrogen and oxygen atoms in total. The molecular weight excluding hydrogens is 238 g/mol. The maximum Gasteiger partial charge on any atom is 0.161 e. The first-order valence-electron chi connectivity index (χ1n) is 7.22. The van der Waals surface area contributed by atoms with E-state index in [0.717, 1.165) is 24.0 Å². The van der Waals surface area contributed by atoms with Gasteiger partial charge in [0, 0.05) is 12.6 Å². The number of benzene rings is 1. The number of ether oxygens (including phenoxy) is 2. The third kappa shape index (κ3) is 3.41. The number of methoxy groups -OCH3 is 2. The van der Waals surface area contributed by atoms with E-state index in [1.54, 1.807) is 14.2 Å². The van der Waals surface area contributed by atoms with Crippen LogP contribution in [-0.4, -0.2) is 20.3 Å². The Morgan fingerprint density at radius 2 is 1.95 bits per heavy atom. The van der Waals surface area contributed by atoms with Gasteiger partial charge in [-0.15, -0.1) is 0 Å². The van der Waals surface area contributed by atoms with E-state index in [2.05, 4.69) is 24.4 Å². The number of hydrogen-bond donors (Lipinski definition) is 1. The quantitative estimate of drug-likeness (QED) is 0.853. The average Bonchev–Trinajstić information content (AvgIpc) is 2.92. The summed E-state index contributed by atoms with van der Waals surface area (Å²) in [4.78, 5) is 0. The first-order valence-corrected chi connectivity index (χ1v) is 7.22. The summed E-state index contributed by atoms with van der Waals surface area (Å²) < 4.78 is 10.6. The van der Waals surface area contributed by atoms with Crippen LogP contribution in [0.3, 0.4) is 0 Å². The molecule has 2 unspecified atom stereocenters. The molecule has 1 aliphatic carbocycles. The molecule has 1 aromatic rings. The second-order valence-corrected chi connectivity index (χ2v) is 5.28. The second-order valence-electron chi connectivity index (χ2n) is 5.28.